The molecule has 1 fully saturated rings. The lowest BCUT2D eigenvalue weighted by atomic mass is 9.97. The van der Waals surface area contributed by atoms with Gasteiger partial charge in [-0.1, -0.05) is 6.07 Å². The highest BCUT2D eigenvalue weighted by Crippen LogP contribution is 2.32. The minimum absolute atomic E-state index is 0.165. The number of nitrogen functional groups attached to an aromatic ring is 1. The second-order valence-electron chi connectivity index (χ2n) is 5.10. The molecule has 1 unspecified atom stereocenters. The van der Waals surface area contributed by atoms with E-state index >= 15 is 0 Å². The van der Waals surface area contributed by atoms with Crippen LogP contribution < -0.4 is 10.6 Å². The van der Waals surface area contributed by atoms with Crippen molar-refractivity contribution in [2.24, 2.45) is 5.92 Å². The summed E-state index contributed by atoms with van der Waals surface area (Å²) < 4.78 is 5.10. The molecule has 0 aromatic heterocycles. The summed E-state index contributed by atoms with van der Waals surface area (Å²) in [6, 6.07) is 5.30. The zero-order chi connectivity index (χ0) is 14.5. The van der Waals surface area contributed by atoms with E-state index in [0.717, 1.165) is 31.6 Å². The van der Waals surface area contributed by atoms with Crippen molar-refractivity contribution in [3.63, 3.8) is 0 Å². The van der Waals surface area contributed by atoms with Gasteiger partial charge in [-0.2, -0.15) is 0 Å². The van der Waals surface area contributed by atoms with Gasteiger partial charge in [-0.05, 0) is 37.8 Å². The van der Waals surface area contributed by atoms with Crippen LogP contribution in [0.3, 0.4) is 0 Å². The average Bonchev–Trinajstić information content (AvgIpc) is 2.47. The Labute approximate surface area is 119 Å². The molecule has 20 heavy (non-hydrogen) atoms. The van der Waals surface area contributed by atoms with Gasteiger partial charge in [0.2, 0.25) is 0 Å². The predicted octanol–water partition coefficient (Wildman–Crippen LogP) is 1.65. The second-order valence-corrected chi connectivity index (χ2v) is 5.10. The maximum absolute atomic E-state index is 12.1. The molecule has 0 radical (unpaired) electrons. The monoisotopic (exact) mass is 278 g/mol. The smallest absolute Gasteiger partial charge is 0.340 e. The molecule has 1 aromatic carbocycles. The van der Waals surface area contributed by atoms with E-state index in [9.17, 15) is 9.90 Å². The summed E-state index contributed by atoms with van der Waals surface area (Å²) in [7, 11) is 0. The van der Waals surface area contributed by atoms with Crippen molar-refractivity contribution in [1.29, 1.82) is 0 Å². The SMILES string of the molecule is CCOC(=O)c1cccc(N)c1N1CCCC(CO)C1. The summed E-state index contributed by atoms with van der Waals surface area (Å²) in [4.78, 5) is 14.1. The summed E-state index contributed by atoms with van der Waals surface area (Å²) in [6.07, 6.45) is 2.00. The Kier molecular flexibility index (Phi) is 4.84. The molecule has 3 N–H and O–H groups in total. The molecule has 0 bridgehead atoms. The second kappa shape index (κ2) is 6.61. The molecule has 0 spiro atoms. The van der Waals surface area contributed by atoms with E-state index in [2.05, 4.69) is 4.90 Å². The van der Waals surface area contributed by atoms with Crippen LogP contribution in [0.2, 0.25) is 0 Å². The zero-order valence-corrected chi connectivity index (χ0v) is 11.8. The van der Waals surface area contributed by atoms with Crippen LogP contribution in [0.15, 0.2) is 18.2 Å². The van der Waals surface area contributed by atoms with Crippen molar-refractivity contribution >= 4 is 17.3 Å². The van der Waals surface area contributed by atoms with Crippen molar-refractivity contribution < 1.29 is 14.6 Å². The molecule has 1 saturated heterocycles. The number of nitrogens with zero attached hydrogens (tertiary/aromatic N) is 1. The lowest BCUT2D eigenvalue weighted by Crippen LogP contribution is -2.38. The van der Waals surface area contributed by atoms with E-state index < -0.39 is 0 Å². The van der Waals surface area contributed by atoms with Crippen LogP contribution in [0, 0.1) is 5.92 Å². The van der Waals surface area contributed by atoms with E-state index in [1.165, 1.54) is 0 Å². The Bertz CT molecular complexity index is 476. The largest absolute Gasteiger partial charge is 0.462 e. The highest BCUT2D eigenvalue weighted by Gasteiger charge is 2.25. The Morgan fingerprint density at radius 2 is 2.35 bits per heavy atom. The minimum Gasteiger partial charge on any atom is -0.462 e. The fourth-order valence-electron chi connectivity index (χ4n) is 2.71. The van der Waals surface area contributed by atoms with Crippen LogP contribution >= 0.6 is 0 Å². The van der Waals surface area contributed by atoms with Crippen LogP contribution in [0.1, 0.15) is 30.1 Å². The Morgan fingerprint density at radius 1 is 1.55 bits per heavy atom. The van der Waals surface area contributed by atoms with Gasteiger partial charge in [0.1, 0.15) is 0 Å². The molecular formula is C15H22N2O3. The van der Waals surface area contributed by atoms with Crippen molar-refractivity contribution in [3.05, 3.63) is 23.8 Å². The van der Waals surface area contributed by atoms with Gasteiger partial charge in [-0.15, -0.1) is 0 Å². The molecule has 0 amide bonds. The molecule has 1 aromatic rings. The maximum atomic E-state index is 12.1. The highest BCUT2D eigenvalue weighted by molar-refractivity contribution is 5.99. The molecule has 1 aliphatic heterocycles. The normalized spacial score (nSPS) is 18.9. The molecule has 1 atom stereocenters. The number of aliphatic hydroxyl groups is 1. The lowest BCUT2D eigenvalue weighted by molar-refractivity contribution is 0.0527. The summed E-state index contributed by atoms with van der Waals surface area (Å²) >= 11 is 0. The number of anilines is 2. The number of hydrogen-bond donors (Lipinski definition) is 2. The number of piperidine rings is 1. The molecule has 0 saturated carbocycles. The number of nitrogens with two attached hydrogens (primary N) is 1. The fraction of sp³-hybridized carbons (Fsp3) is 0.533. The highest BCUT2D eigenvalue weighted by atomic mass is 16.5. The molecule has 1 aliphatic rings. The standard InChI is InChI=1S/C15H22N2O3/c1-2-20-15(19)12-6-3-7-13(16)14(12)17-8-4-5-11(9-17)10-18/h3,6-7,11,18H,2,4-5,8-10,16H2,1H3. The van der Waals surface area contributed by atoms with Gasteiger partial charge in [-0.25, -0.2) is 4.79 Å². The molecule has 0 aliphatic carbocycles. The Balaban J connectivity index is 2.31. The number of benzene rings is 1. The first-order valence-electron chi connectivity index (χ1n) is 7.08. The Hall–Kier alpha value is -1.75. The number of carbonyl (C=O) groups is 1. The number of ether oxygens (including phenoxy) is 1. The third-order valence-corrected chi connectivity index (χ3v) is 3.66. The quantitative estimate of drug-likeness (QED) is 0.647. The first kappa shape index (κ1) is 14.7. The number of aliphatic hydroxyl groups excluding tert-OH is 1. The first-order chi connectivity index (χ1) is 9.67. The van der Waals surface area contributed by atoms with Crippen molar-refractivity contribution in [3.8, 4) is 0 Å². The third kappa shape index (κ3) is 3.04. The molecule has 5 heteroatoms. The van der Waals surface area contributed by atoms with Crippen molar-refractivity contribution in [2.45, 2.75) is 19.8 Å². The van der Waals surface area contributed by atoms with E-state index in [1.54, 1.807) is 25.1 Å². The number of hydrogen-bond acceptors (Lipinski definition) is 5. The molecule has 5 nitrogen and oxygen atoms in total. The van der Waals surface area contributed by atoms with E-state index in [1.807, 2.05) is 0 Å². The predicted molar refractivity (Wildman–Crippen MR) is 78.8 cm³/mol. The third-order valence-electron chi connectivity index (χ3n) is 3.66. The number of para-hydroxylation sites is 1. The lowest BCUT2D eigenvalue weighted by Gasteiger charge is -2.35. The first-order valence-corrected chi connectivity index (χ1v) is 7.08. The van der Waals surface area contributed by atoms with Crippen molar-refractivity contribution in [1.82, 2.24) is 0 Å². The van der Waals surface area contributed by atoms with Gasteiger partial charge in [0, 0.05) is 19.7 Å². The molecular weight excluding hydrogens is 256 g/mol. The van der Waals surface area contributed by atoms with Gasteiger partial charge in [0.15, 0.2) is 0 Å². The molecule has 110 valence electrons. The van der Waals surface area contributed by atoms with Gasteiger partial charge in [-0.3, -0.25) is 0 Å². The molecule has 1 heterocycles. The minimum atomic E-state index is -0.346. The van der Waals surface area contributed by atoms with Gasteiger partial charge in [0.25, 0.3) is 0 Å². The summed E-state index contributed by atoms with van der Waals surface area (Å²) in [5.74, 6) is -0.112. The Morgan fingerprint density at radius 3 is 3.05 bits per heavy atom. The average molecular weight is 278 g/mol. The topological polar surface area (TPSA) is 75.8 Å². The summed E-state index contributed by atoms with van der Waals surface area (Å²) in [5, 5.41) is 9.34. The summed E-state index contributed by atoms with van der Waals surface area (Å²) in [5.41, 5.74) is 7.88. The summed E-state index contributed by atoms with van der Waals surface area (Å²) in [6.45, 7) is 3.85. The van der Waals surface area contributed by atoms with E-state index in [4.69, 9.17) is 10.5 Å². The van der Waals surface area contributed by atoms with Crippen LogP contribution in [0.4, 0.5) is 11.4 Å². The van der Waals surface area contributed by atoms with Crippen LogP contribution in [0.5, 0.6) is 0 Å². The number of carbonyl (C=O) groups excluding carboxylic acids is 1. The number of rotatable bonds is 4. The van der Waals surface area contributed by atoms with E-state index in [-0.39, 0.29) is 18.5 Å². The van der Waals surface area contributed by atoms with E-state index in [0.29, 0.717) is 17.9 Å². The van der Waals surface area contributed by atoms with Crippen LogP contribution in [0.25, 0.3) is 0 Å². The number of esters is 1. The van der Waals surface area contributed by atoms with Crippen molar-refractivity contribution in [2.75, 3.05) is 36.9 Å². The van der Waals surface area contributed by atoms with Gasteiger partial charge >= 0.3 is 5.97 Å². The zero-order valence-electron chi connectivity index (χ0n) is 11.8. The van der Waals surface area contributed by atoms with Gasteiger partial charge < -0.3 is 20.5 Å². The maximum Gasteiger partial charge on any atom is 0.340 e. The fourth-order valence-corrected chi connectivity index (χ4v) is 2.71. The molecule has 2 rings (SSSR count). The van der Waals surface area contributed by atoms with Crippen LogP contribution in [-0.2, 0) is 4.74 Å². The van der Waals surface area contributed by atoms with Gasteiger partial charge in [0.05, 0.1) is 23.5 Å². The van der Waals surface area contributed by atoms with Crippen LogP contribution in [-0.4, -0.2) is 37.4 Å².